The fraction of sp³-hybridized carbons (Fsp3) is 0.630. The number of morpholine rings is 1. The Bertz CT molecular complexity index is 1270. The molecule has 6 rings (SSSR count). The van der Waals surface area contributed by atoms with Gasteiger partial charge in [-0.1, -0.05) is 13.8 Å². The third-order valence-corrected chi connectivity index (χ3v) is 8.48. The lowest BCUT2D eigenvalue weighted by molar-refractivity contribution is 0.0302. The predicted octanol–water partition coefficient (Wildman–Crippen LogP) is 5.04. The Morgan fingerprint density at radius 3 is 2.51 bits per heavy atom. The fourth-order valence-corrected chi connectivity index (χ4v) is 6.29. The number of aromatic nitrogens is 5. The molecule has 2 atom stereocenters. The molecule has 1 aliphatic carbocycles. The maximum Gasteiger partial charge on any atom is 0.282 e. The number of rotatable bonds is 7. The minimum Gasteiger partial charge on any atom is -0.371 e. The highest BCUT2D eigenvalue weighted by Crippen LogP contribution is 2.37. The van der Waals surface area contributed by atoms with Crippen molar-refractivity contribution < 1.29 is 18.3 Å². The first-order valence-corrected chi connectivity index (χ1v) is 13.5. The van der Waals surface area contributed by atoms with Gasteiger partial charge in [0.25, 0.3) is 6.43 Å². The number of fused-ring (bicyclic) bond motifs is 3. The number of carbonyl (C=O) groups excluding carboxylic acids is 1. The molecule has 2 saturated heterocycles. The lowest BCUT2D eigenvalue weighted by atomic mass is 9.80. The maximum atomic E-state index is 13.9. The zero-order valence-corrected chi connectivity index (χ0v) is 21.4. The molecule has 5 heterocycles. The van der Waals surface area contributed by atoms with Crippen molar-refractivity contribution in [3.63, 3.8) is 0 Å². The van der Waals surface area contributed by atoms with Crippen molar-refractivity contribution in [2.24, 2.45) is 11.8 Å². The number of anilines is 1. The molecular formula is C27H34F2N6O2. The van der Waals surface area contributed by atoms with Gasteiger partial charge in [-0.2, -0.15) is 10.2 Å². The van der Waals surface area contributed by atoms with Gasteiger partial charge in [-0.25, -0.2) is 18.3 Å². The number of ether oxygens (including phenoxy) is 1. The smallest absolute Gasteiger partial charge is 0.282 e. The molecule has 3 aliphatic rings. The third kappa shape index (κ3) is 4.76. The topological polar surface area (TPSA) is 77.5 Å². The van der Waals surface area contributed by atoms with E-state index >= 15 is 0 Å². The van der Waals surface area contributed by atoms with Crippen molar-refractivity contribution >= 4 is 17.2 Å². The van der Waals surface area contributed by atoms with Gasteiger partial charge in [-0.15, -0.1) is 0 Å². The number of ketones is 1. The Kier molecular flexibility index (Phi) is 6.46. The Balaban J connectivity index is 1.22. The molecule has 198 valence electrons. The molecule has 37 heavy (non-hydrogen) atoms. The quantitative estimate of drug-likeness (QED) is 0.413. The first kappa shape index (κ1) is 24.5. The summed E-state index contributed by atoms with van der Waals surface area (Å²) in [5.74, 6) is 1.79. The molecule has 10 heteroatoms. The van der Waals surface area contributed by atoms with Crippen LogP contribution in [-0.4, -0.2) is 55.5 Å². The van der Waals surface area contributed by atoms with Gasteiger partial charge < -0.3 is 9.64 Å². The molecule has 2 aliphatic heterocycles. The van der Waals surface area contributed by atoms with Gasteiger partial charge in [0.1, 0.15) is 11.5 Å². The summed E-state index contributed by atoms with van der Waals surface area (Å²) in [6.07, 6.45) is 8.57. The highest BCUT2D eigenvalue weighted by molar-refractivity contribution is 6.02. The van der Waals surface area contributed by atoms with Crippen LogP contribution in [-0.2, 0) is 11.2 Å². The van der Waals surface area contributed by atoms with Gasteiger partial charge in [0.15, 0.2) is 11.4 Å². The van der Waals surface area contributed by atoms with Crippen LogP contribution in [0.2, 0.25) is 0 Å². The van der Waals surface area contributed by atoms with E-state index in [0.717, 1.165) is 57.4 Å². The first-order chi connectivity index (χ1) is 17.9. The molecule has 0 spiro atoms. The van der Waals surface area contributed by atoms with E-state index in [-0.39, 0.29) is 41.7 Å². The van der Waals surface area contributed by atoms with Crippen LogP contribution in [0.3, 0.4) is 0 Å². The van der Waals surface area contributed by atoms with Crippen molar-refractivity contribution in [1.29, 1.82) is 0 Å². The molecule has 3 aromatic heterocycles. The summed E-state index contributed by atoms with van der Waals surface area (Å²) < 4.78 is 37.0. The summed E-state index contributed by atoms with van der Waals surface area (Å²) in [5, 5.41) is 8.54. The van der Waals surface area contributed by atoms with Crippen LogP contribution in [0.25, 0.3) is 5.65 Å². The number of nitrogens with zero attached hydrogens (tertiary/aromatic N) is 6. The van der Waals surface area contributed by atoms with Gasteiger partial charge in [-0.05, 0) is 56.4 Å². The van der Waals surface area contributed by atoms with Crippen molar-refractivity contribution in [2.45, 2.75) is 83.5 Å². The van der Waals surface area contributed by atoms with Crippen LogP contribution in [0.5, 0.6) is 0 Å². The second-order valence-corrected chi connectivity index (χ2v) is 11.2. The molecule has 0 N–H and O–H groups in total. The van der Waals surface area contributed by atoms with Crippen LogP contribution < -0.4 is 4.90 Å². The molecule has 0 unspecified atom stereocenters. The summed E-state index contributed by atoms with van der Waals surface area (Å²) in [5.41, 5.74) is 0.766. The number of hydrogen-bond acceptors (Lipinski definition) is 6. The maximum absolute atomic E-state index is 13.9. The number of halogens is 2. The van der Waals surface area contributed by atoms with Crippen molar-refractivity contribution in [1.82, 2.24) is 24.4 Å². The third-order valence-electron chi connectivity index (χ3n) is 8.48. The summed E-state index contributed by atoms with van der Waals surface area (Å²) in [6, 6.07) is 1.99. The molecule has 2 bridgehead atoms. The number of hydrogen-bond donors (Lipinski definition) is 0. The zero-order chi connectivity index (χ0) is 25.7. The normalized spacial score (nSPS) is 26.1. The lowest BCUT2D eigenvalue weighted by Gasteiger charge is -2.32. The second-order valence-electron chi connectivity index (χ2n) is 11.2. The number of carbonyl (C=O) groups is 1. The number of Topliss-reactive ketones (excluding diaryl/α,β-unsaturated/α-hetero) is 1. The predicted molar refractivity (Wildman–Crippen MR) is 134 cm³/mol. The molecule has 0 radical (unpaired) electrons. The molecule has 0 aromatic carbocycles. The summed E-state index contributed by atoms with van der Waals surface area (Å²) in [4.78, 5) is 20.3. The van der Waals surface area contributed by atoms with Crippen LogP contribution in [0.15, 0.2) is 24.7 Å². The van der Waals surface area contributed by atoms with Crippen molar-refractivity contribution in [3.05, 3.63) is 41.5 Å². The monoisotopic (exact) mass is 512 g/mol. The van der Waals surface area contributed by atoms with E-state index in [9.17, 15) is 13.6 Å². The average Bonchev–Trinajstić information content (AvgIpc) is 3.60. The van der Waals surface area contributed by atoms with E-state index < -0.39 is 6.43 Å². The van der Waals surface area contributed by atoms with Crippen LogP contribution in [0, 0.1) is 11.8 Å². The van der Waals surface area contributed by atoms with Crippen molar-refractivity contribution in [3.8, 4) is 0 Å². The molecular weight excluding hydrogens is 478 g/mol. The Labute approximate surface area is 215 Å². The minimum atomic E-state index is -2.73. The van der Waals surface area contributed by atoms with Crippen molar-refractivity contribution in [2.75, 3.05) is 18.0 Å². The first-order valence-electron chi connectivity index (χ1n) is 13.5. The lowest BCUT2D eigenvalue weighted by Crippen LogP contribution is -2.43. The highest BCUT2D eigenvalue weighted by atomic mass is 19.3. The Morgan fingerprint density at radius 1 is 1.11 bits per heavy atom. The van der Waals surface area contributed by atoms with Gasteiger partial charge in [0.05, 0.1) is 30.0 Å². The molecule has 8 nitrogen and oxygen atoms in total. The fourth-order valence-electron chi connectivity index (χ4n) is 6.29. The Morgan fingerprint density at radius 2 is 1.84 bits per heavy atom. The van der Waals surface area contributed by atoms with Gasteiger partial charge in [0.2, 0.25) is 0 Å². The highest BCUT2D eigenvalue weighted by Gasteiger charge is 2.34. The average molecular weight is 513 g/mol. The van der Waals surface area contributed by atoms with Gasteiger partial charge >= 0.3 is 0 Å². The van der Waals surface area contributed by atoms with Crippen LogP contribution in [0.1, 0.15) is 86.5 Å². The Hall–Kier alpha value is -2.88. The SMILES string of the molecule is CC(C)C1CCC(n2cc(CC(=O)c3cnn4ccc(N5C[C@H]6CC[C@@H](C5)O6)nc34)c(C(F)F)n2)CC1. The van der Waals surface area contributed by atoms with Gasteiger partial charge in [-0.3, -0.25) is 9.48 Å². The summed E-state index contributed by atoms with van der Waals surface area (Å²) in [6.45, 7) is 6.02. The second kappa shape index (κ2) is 9.78. The molecule has 3 fully saturated rings. The molecule has 0 amide bonds. The van der Waals surface area contributed by atoms with E-state index in [1.54, 1.807) is 21.6 Å². The van der Waals surface area contributed by atoms with E-state index in [1.807, 2.05) is 6.07 Å². The minimum absolute atomic E-state index is 0.0985. The zero-order valence-electron chi connectivity index (χ0n) is 21.4. The largest absolute Gasteiger partial charge is 0.371 e. The van der Waals surface area contributed by atoms with E-state index in [1.165, 1.54) is 6.20 Å². The summed E-state index contributed by atoms with van der Waals surface area (Å²) >= 11 is 0. The van der Waals surface area contributed by atoms with Crippen LogP contribution >= 0.6 is 0 Å². The van der Waals surface area contributed by atoms with E-state index in [2.05, 4.69) is 28.9 Å². The van der Waals surface area contributed by atoms with E-state index in [4.69, 9.17) is 9.72 Å². The van der Waals surface area contributed by atoms with Crippen LogP contribution in [0.4, 0.5) is 14.6 Å². The summed E-state index contributed by atoms with van der Waals surface area (Å²) in [7, 11) is 0. The number of alkyl halides is 2. The molecule has 1 saturated carbocycles. The standard InChI is InChI=1S/C27H34F2N6O2/c1-16(2)17-3-5-19(6-4-17)35-13-18(25(32-35)26(28)29)11-23(36)22-12-30-34-10-9-24(31-27(22)34)33-14-20-7-8-21(15-33)37-20/h9-10,12-13,16-17,19-21,26H,3-8,11,14-15H2,1-2H3/t17?,19?,20-,21+. The molecule has 3 aromatic rings. The van der Waals surface area contributed by atoms with Gasteiger partial charge in [0, 0.05) is 37.5 Å². The van der Waals surface area contributed by atoms with E-state index in [0.29, 0.717) is 23.0 Å².